The topological polar surface area (TPSA) is 60.2 Å². The molecule has 1 amide bonds. The summed E-state index contributed by atoms with van der Waals surface area (Å²) in [5.41, 5.74) is 1.09. The first-order valence-electron chi connectivity index (χ1n) is 13.0. The molecule has 1 aromatic rings. The smallest absolute Gasteiger partial charge is 0.225 e. The van der Waals surface area contributed by atoms with E-state index in [1.165, 1.54) is 38.5 Å². The molecule has 6 heteroatoms. The van der Waals surface area contributed by atoms with Crippen LogP contribution in [0.3, 0.4) is 0 Å². The summed E-state index contributed by atoms with van der Waals surface area (Å²) < 4.78 is 8.58. The third-order valence-electron chi connectivity index (χ3n) is 8.25. The summed E-state index contributed by atoms with van der Waals surface area (Å²) in [6, 6.07) is 0.256. The number of hydrogen-bond donors (Lipinski definition) is 0. The highest BCUT2D eigenvalue weighted by Gasteiger charge is 2.46. The van der Waals surface area contributed by atoms with E-state index in [1.807, 2.05) is 0 Å². The number of hydrogen-bond acceptors (Lipinski definition) is 4. The van der Waals surface area contributed by atoms with Crippen molar-refractivity contribution in [3.63, 3.8) is 0 Å². The first-order chi connectivity index (χ1) is 15.2. The average molecular weight is 429 g/mol. The third kappa shape index (κ3) is 4.99. The van der Waals surface area contributed by atoms with Crippen molar-refractivity contribution in [3.8, 4) is 0 Å². The van der Waals surface area contributed by atoms with Gasteiger partial charge in [-0.1, -0.05) is 44.2 Å². The van der Waals surface area contributed by atoms with Crippen LogP contribution < -0.4 is 0 Å². The number of ether oxygens (including phenoxy) is 1. The van der Waals surface area contributed by atoms with Crippen molar-refractivity contribution in [1.29, 1.82) is 0 Å². The van der Waals surface area contributed by atoms with Gasteiger partial charge in [-0.05, 0) is 62.7 Å². The molecule has 4 aliphatic rings. The number of aryl methyl sites for hydroxylation is 1. The Hall–Kier alpha value is -1.43. The van der Waals surface area contributed by atoms with Crippen molar-refractivity contribution >= 4 is 5.91 Å². The van der Waals surface area contributed by atoms with E-state index in [1.54, 1.807) is 0 Å². The minimum atomic E-state index is 0.200. The van der Waals surface area contributed by atoms with Crippen molar-refractivity contribution in [2.75, 3.05) is 19.7 Å². The van der Waals surface area contributed by atoms with Crippen molar-refractivity contribution < 1.29 is 9.53 Å². The highest BCUT2D eigenvalue weighted by Crippen LogP contribution is 2.44. The molecule has 0 unspecified atom stereocenters. The molecular formula is C25H40N4O2. The molecule has 4 atom stereocenters. The first-order valence-corrected chi connectivity index (χ1v) is 13.0. The summed E-state index contributed by atoms with van der Waals surface area (Å²) in [7, 11) is 0. The molecule has 0 aromatic carbocycles. The highest BCUT2D eigenvalue weighted by atomic mass is 16.5. The Labute approximate surface area is 187 Å². The minimum absolute atomic E-state index is 0.200. The van der Waals surface area contributed by atoms with Crippen LogP contribution in [0, 0.1) is 23.7 Å². The summed E-state index contributed by atoms with van der Waals surface area (Å²) in [4.78, 5) is 15.5. The largest absolute Gasteiger partial charge is 0.376 e. The molecule has 3 saturated carbocycles. The molecule has 1 aromatic heterocycles. The standard InChI is InChI=1S/C25H40N4O2/c1-2-7-22-16-29(27-26-22)23-12-20-14-28(25(30)19-8-5-3-4-6-9-19)15-21(20)13-24(23)31-17-18-10-11-18/h16,18-21,23-24H,2-15,17H2,1H3/t20-,21+,23-,24-/m1/s1. The molecule has 5 rings (SSSR count). The van der Waals surface area contributed by atoms with Crippen LogP contribution in [0.1, 0.15) is 89.3 Å². The lowest BCUT2D eigenvalue weighted by molar-refractivity contribution is -0.135. The van der Waals surface area contributed by atoms with E-state index in [9.17, 15) is 4.79 Å². The fraction of sp³-hybridized carbons (Fsp3) is 0.880. The molecule has 0 bridgehead atoms. The molecule has 0 N–H and O–H groups in total. The van der Waals surface area contributed by atoms with Gasteiger partial charge in [-0.15, -0.1) is 5.10 Å². The second-order valence-corrected chi connectivity index (χ2v) is 10.7. The van der Waals surface area contributed by atoms with Crippen molar-refractivity contribution in [2.45, 2.75) is 96.1 Å². The number of rotatable bonds is 7. The van der Waals surface area contributed by atoms with Gasteiger partial charge in [-0.3, -0.25) is 4.79 Å². The predicted molar refractivity (Wildman–Crippen MR) is 120 cm³/mol. The Morgan fingerprint density at radius 2 is 1.81 bits per heavy atom. The maximum Gasteiger partial charge on any atom is 0.225 e. The molecular weight excluding hydrogens is 388 g/mol. The lowest BCUT2D eigenvalue weighted by Gasteiger charge is -2.37. The van der Waals surface area contributed by atoms with Gasteiger partial charge in [0, 0.05) is 31.8 Å². The van der Waals surface area contributed by atoms with E-state index in [0.29, 0.717) is 17.7 Å². The van der Waals surface area contributed by atoms with E-state index >= 15 is 0 Å². The lowest BCUT2D eigenvalue weighted by atomic mass is 9.77. The SMILES string of the molecule is CCCc1cn([C@@H]2C[C@@H]3CN(C(=O)C4CCCCCC4)C[C@@H]3C[C@H]2OCC2CC2)nn1. The van der Waals surface area contributed by atoms with Crippen LogP contribution in [-0.4, -0.2) is 51.6 Å². The van der Waals surface area contributed by atoms with Crippen LogP contribution in [0.2, 0.25) is 0 Å². The van der Waals surface area contributed by atoms with Crippen LogP contribution in [0.25, 0.3) is 0 Å². The monoisotopic (exact) mass is 428 g/mol. The summed E-state index contributed by atoms with van der Waals surface area (Å²) in [6.07, 6.45) is 16.4. The maximum atomic E-state index is 13.3. The van der Waals surface area contributed by atoms with Gasteiger partial charge in [0.15, 0.2) is 0 Å². The number of fused-ring (bicyclic) bond motifs is 1. The third-order valence-corrected chi connectivity index (χ3v) is 8.25. The Morgan fingerprint density at radius 1 is 1.06 bits per heavy atom. The van der Waals surface area contributed by atoms with Gasteiger partial charge in [0.25, 0.3) is 0 Å². The molecule has 31 heavy (non-hydrogen) atoms. The number of carbonyl (C=O) groups is 1. The van der Waals surface area contributed by atoms with Crippen molar-refractivity contribution in [2.24, 2.45) is 23.7 Å². The quantitative estimate of drug-likeness (QED) is 0.604. The zero-order valence-corrected chi connectivity index (χ0v) is 19.3. The molecule has 0 spiro atoms. The molecule has 1 aliphatic heterocycles. The highest BCUT2D eigenvalue weighted by molar-refractivity contribution is 5.79. The molecule has 2 heterocycles. The zero-order chi connectivity index (χ0) is 21.2. The van der Waals surface area contributed by atoms with Crippen LogP contribution >= 0.6 is 0 Å². The van der Waals surface area contributed by atoms with Crippen molar-refractivity contribution in [1.82, 2.24) is 19.9 Å². The van der Waals surface area contributed by atoms with Crippen LogP contribution in [-0.2, 0) is 16.0 Å². The molecule has 1 saturated heterocycles. The Balaban J connectivity index is 1.27. The van der Waals surface area contributed by atoms with E-state index in [4.69, 9.17) is 4.74 Å². The van der Waals surface area contributed by atoms with E-state index in [2.05, 4.69) is 33.0 Å². The van der Waals surface area contributed by atoms with Crippen LogP contribution in [0.4, 0.5) is 0 Å². The summed E-state index contributed by atoms with van der Waals surface area (Å²) in [5.74, 6) is 2.62. The maximum absolute atomic E-state index is 13.3. The van der Waals surface area contributed by atoms with E-state index in [-0.39, 0.29) is 18.1 Å². The molecule has 0 radical (unpaired) electrons. The first kappa shape index (κ1) is 21.4. The van der Waals surface area contributed by atoms with Crippen LogP contribution in [0.5, 0.6) is 0 Å². The van der Waals surface area contributed by atoms with Crippen LogP contribution in [0.15, 0.2) is 6.20 Å². The van der Waals surface area contributed by atoms with Gasteiger partial charge < -0.3 is 9.64 Å². The number of aromatic nitrogens is 3. The lowest BCUT2D eigenvalue weighted by Crippen LogP contribution is -2.38. The Morgan fingerprint density at radius 3 is 2.52 bits per heavy atom. The number of amides is 1. The normalized spacial score (nSPS) is 32.1. The molecule has 6 nitrogen and oxygen atoms in total. The predicted octanol–water partition coefficient (Wildman–Crippen LogP) is 4.41. The van der Waals surface area contributed by atoms with E-state index < -0.39 is 0 Å². The second kappa shape index (κ2) is 9.60. The second-order valence-electron chi connectivity index (χ2n) is 10.7. The Kier molecular flexibility index (Phi) is 6.63. The summed E-state index contributed by atoms with van der Waals surface area (Å²) in [5, 5.41) is 8.92. The number of likely N-dealkylation sites (tertiary alicyclic amines) is 1. The zero-order valence-electron chi connectivity index (χ0n) is 19.3. The summed E-state index contributed by atoms with van der Waals surface area (Å²) >= 11 is 0. The summed E-state index contributed by atoms with van der Waals surface area (Å²) in [6.45, 7) is 4.95. The number of nitrogens with zero attached hydrogens (tertiary/aromatic N) is 4. The van der Waals surface area contributed by atoms with Crippen molar-refractivity contribution in [3.05, 3.63) is 11.9 Å². The molecule has 172 valence electrons. The van der Waals surface area contributed by atoms with Gasteiger partial charge in [0.05, 0.1) is 17.8 Å². The van der Waals surface area contributed by atoms with Gasteiger partial charge in [-0.2, -0.15) is 0 Å². The fourth-order valence-corrected chi connectivity index (χ4v) is 6.20. The molecule has 4 fully saturated rings. The van der Waals surface area contributed by atoms with E-state index in [0.717, 1.165) is 69.8 Å². The van der Waals surface area contributed by atoms with Gasteiger partial charge in [-0.25, -0.2) is 4.68 Å². The average Bonchev–Trinajstić information content (AvgIpc) is 3.44. The van der Waals surface area contributed by atoms with Gasteiger partial charge in [0.2, 0.25) is 5.91 Å². The Bertz CT molecular complexity index is 738. The fourth-order valence-electron chi connectivity index (χ4n) is 6.20. The van der Waals surface area contributed by atoms with Gasteiger partial charge in [0.1, 0.15) is 0 Å². The molecule has 3 aliphatic carbocycles. The minimum Gasteiger partial charge on any atom is -0.376 e. The number of carbonyl (C=O) groups excluding carboxylic acids is 1. The van der Waals surface area contributed by atoms with Gasteiger partial charge >= 0.3 is 0 Å².